The number of pyridine rings is 1. The lowest BCUT2D eigenvalue weighted by Gasteiger charge is -2.28. The second-order valence-electron chi connectivity index (χ2n) is 10.5. The standard InChI is InChI=1S/C34H30F3N5O3/c35-34(36,37)20-11-17-25(28(30(38)43)22-12-3-1-4-13-22)32(44)41-31-33(45)42(27-19-9-10-21-39-27)26-18-8-7-16-24(26)29(40-31)23-14-5-2-6-15-23/h1-10,12-16,18-19,21,25,28,31H,11,17,20H2,(H2,38,43)(H,41,44). The number of benzene rings is 3. The summed E-state index contributed by atoms with van der Waals surface area (Å²) in [6.07, 6.45) is -6.35. The molecule has 5 rings (SSSR count). The number of amides is 3. The molecule has 2 heterocycles. The quantitative estimate of drug-likeness (QED) is 0.240. The third-order valence-electron chi connectivity index (χ3n) is 7.50. The minimum Gasteiger partial charge on any atom is -0.369 e. The number of benzodiazepines with no additional fused rings is 1. The number of rotatable bonds is 10. The van der Waals surface area contributed by atoms with Crippen LogP contribution in [0.25, 0.3) is 0 Å². The van der Waals surface area contributed by atoms with E-state index >= 15 is 0 Å². The number of nitrogens with two attached hydrogens (primary N) is 1. The number of primary amides is 1. The van der Waals surface area contributed by atoms with Gasteiger partial charge in [0, 0.05) is 23.7 Å². The molecule has 0 radical (unpaired) electrons. The second-order valence-corrected chi connectivity index (χ2v) is 10.5. The highest BCUT2D eigenvalue weighted by molar-refractivity contribution is 6.21. The van der Waals surface area contributed by atoms with Crippen LogP contribution in [-0.4, -0.2) is 40.8 Å². The number of carbonyl (C=O) groups excluding carboxylic acids is 3. The number of nitrogens with one attached hydrogen (secondary N) is 1. The Hall–Kier alpha value is -5.32. The van der Waals surface area contributed by atoms with Crippen molar-refractivity contribution < 1.29 is 27.6 Å². The van der Waals surface area contributed by atoms with Crippen LogP contribution in [0.3, 0.4) is 0 Å². The summed E-state index contributed by atoms with van der Waals surface area (Å²) < 4.78 is 39.4. The first-order valence-corrected chi connectivity index (χ1v) is 14.3. The summed E-state index contributed by atoms with van der Waals surface area (Å²) in [6.45, 7) is 0. The van der Waals surface area contributed by atoms with Gasteiger partial charge < -0.3 is 11.1 Å². The zero-order valence-electron chi connectivity index (χ0n) is 24.0. The van der Waals surface area contributed by atoms with E-state index in [4.69, 9.17) is 10.7 Å². The van der Waals surface area contributed by atoms with E-state index in [0.717, 1.165) is 0 Å². The van der Waals surface area contributed by atoms with Crippen molar-refractivity contribution >= 4 is 34.9 Å². The van der Waals surface area contributed by atoms with Crippen LogP contribution in [0.4, 0.5) is 24.7 Å². The first-order valence-electron chi connectivity index (χ1n) is 14.3. The summed E-state index contributed by atoms with van der Waals surface area (Å²) in [5.41, 5.74) is 8.27. The largest absolute Gasteiger partial charge is 0.389 e. The summed E-state index contributed by atoms with van der Waals surface area (Å²) in [5, 5.41) is 2.66. The van der Waals surface area contributed by atoms with Crippen LogP contribution in [0.2, 0.25) is 0 Å². The molecule has 4 aromatic rings. The Morgan fingerprint density at radius 1 is 0.889 bits per heavy atom. The smallest absolute Gasteiger partial charge is 0.369 e. The monoisotopic (exact) mass is 613 g/mol. The van der Waals surface area contributed by atoms with Crippen LogP contribution in [0.5, 0.6) is 0 Å². The molecule has 1 aromatic heterocycles. The highest BCUT2D eigenvalue weighted by Crippen LogP contribution is 2.35. The topological polar surface area (TPSA) is 118 Å². The summed E-state index contributed by atoms with van der Waals surface area (Å²) in [5.74, 6) is -4.64. The number of anilines is 2. The number of hydrogen-bond donors (Lipinski definition) is 2. The Morgan fingerprint density at radius 2 is 1.53 bits per heavy atom. The number of aliphatic imine (C=N–C) groups is 1. The average Bonchev–Trinajstić information content (AvgIpc) is 3.15. The molecular formula is C34H30F3N5O3. The van der Waals surface area contributed by atoms with Crippen LogP contribution in [0.15, 0.2) is 114 Å². The van der Waals surface area contributed by atoms with Crippen LogP contribution in [-0.2, 0) is 14.4 Å². The van der Waals surface area contributed by atoms with E-state index in [0.29, 0.717) is 28.1 Å². The molecule has 0 aliphatic carbocycles. The van der Waals surface area contributed by atoms with Gasteiger partial charge in [0.05, 0.1) is 23.2 Å². The Balaban J connectivity index is 1.59. The fraction of sp³-hybridized carbons (Fsp3) is 0.206. The van der Waals surface area contributed by atoms with E-state index < -0.39 is 54.7 Å². The number of fused-ring (bicyclic) bond motifs is 1. The maximum Gasteiger partial charge on any atom is 0.389 e. The summed E-state index contributed by atoms with van der Waals surface area (Å²) in [4.78, 5) is 51.5. The predicted molar refractivity (Wildman–Crippen MR) is 164 cm³/mol. The number of carbonyl (C=O) groups is 3. The molecule has 1 aliphatic rings. The number of aromatic nitrogens is 1. The van der Waals surface area contributed by atoms with Gasteiger partial charge in [-0.05, 0) is 36.6 Å². The Morgan fingerprint density at radius 3 is 2.18 bits per heavy atom. The van der Waals surface area contributed by atoms with E-state index in [1.807, 2.05) is 30.3 Å². The van der Waals surface area contributed by atoms with Gasteiger partial charge in [-0.3, -0.25) is 19.3 Å². The average molecular weight is 614 g/mol. The van der Waals surface area contributed by atoms with Gasteiger partial charge in [0.1, 0.15) is 5.82 Å². The zero-order valence-corrected chi connectivity index (χ0v) is 24.0. The molecular weight excluding hydrogens is 583 g/mol. The molecule has 45 heavy (non-hydrogen) atoms. The van der Waals surface area contributed by atoms with Crippen molar-refractivity contribution in [2.75, 3.05) is 4.90 Å². The minimum absolute atomic E-state index is 0.278. The van der Waals surface area contributed by atoms with Crippen molar-refractivity contribution in [1.82, 2.24) is 10.3 Å². The number of halogens is 3. The van der Waals surface area contributed by atoms with E-state index in [9.17, 15) is 27.6 Å². The van der Waals surface area contributed by atoms with Gasteiger partial charge in [-0.15, -0.1) is 0 Å². The Kier molecular flexibility index (Phi) is 9.36. The number of nitrogens with zero attached hydrogens (tertiary/aromatic N) is 3. The highest BCUT2D eigenvalue weighted by Gasteiger charge is 2.39. The third kappa shape index (κ3) is 7.26. The summed E-state index contributed by atoms with van der Waals surface area (Å²) >= 11 is 0. The van der Waals surface area contributed by atoms with Gasteiger partial charge in [-0.25, -0.2) is 9.98 Å². The molecule has 0 saturated heterocycles. The fourth-order valence-electron chi connectivity index (χ4n) is 5.47. The van der Waals surface area contributed by atoms with Gasteiger partial charge in [-0.1, -0.05) is 84.9 Å². The molecule has 3 amide bonds. The van der Waals surface area contributed by atoms with E-state index in [1.165, 1.54) is 11.1 Å². The van der Waals surface area contributed by atoms with Gasteiger partial charge in [0.15, 0.2) is 0 Å². The maximum atomic E-state index is 14.3. The predicted octanol–water partition coefficient (Wildman–Crippen LogP) is 5.66. The van der Waals surface area contributed by atoms with E-state index in [2.05, 4.69) is 10.3 Å². The molecule has 1 aliphatic heterocycles. The fourth-order valence-corrected chi connectivity index (χ4v) is 5.47. The van der Waals surface area contributed by atoms with Crippen LogP contribution >= 0.6 is 0 Å². The lowest BCUT2D eigenvalue weighted by molar-refractivity contribution is -0.139. The third-order valence-corrected chi connectivity index (χ3v) is 7.50. The molecule has 0 fully saturated rings. The van der Waals surface area contributed by atoms with E-state index in [-0.39, 0.29) is 12.2 Å². The molecule has 230 valence electrons. The van der Waals surface area contributed by atoms with Gasteiger partial charge in [-0.2, -0.15) is 13.2 Å². The molecule has 0 saturated carbocycles. The molecule has 8 nitrogen and oxygen atoms in total. The van der Waals surface area contributed by atoms with Crippen molar-refractivity contribution in [2.24, 2.45) is 16.6 Å². The molecule has 3 aromatic carbocycles. The SMILES string of the molecule is NC(=O)C(c1ccccc1)C(CCCC(F)(F)F)C(=O)NC1N=C(c2ccccc2)c2ccccc2N(c2ccccn2)C1=O. The normalized spacial score (nSPS) is 16.2. The van der Waals surface area contributed by atoms with Crippen molar-refractivity contribution in [3.05, 3.63) is 126 Å². The second kappa shape index (κ2) is 13.5. The summed E-state index contributed by atoms with van der Waals surface area (Å²) in [7, 11) is 0. The molecule has 0 bridgehead atoms. The number of alkyl halides is 3. The van der Waals surface area contributed by atoms with Crippen molar-refractivity contribution in [3.8, 4) is 0 Å². The maximum absolute atomic E-state index is 14.3. The van der Waals surface area contributed by atoms with Gasteiger partial charge in [0.25, 0.3) is 5.91 Å². The highest BCUT2D eigenvalue weighted by atomic mass is 19.4. The van der Waals surface area contributed by atoms with Gasteiger partial charge >= 0.3 is 6.18 Å². The lowest BCUT2D eigenvalue weighted by Crippen LogP contribution is -2.49. The lowest BCUT2D eigenvalue weighted by atomic mass is 9.81. The van der Waals surface area contributed by atoms with Crippen molar-refractivity contribution in [3.63, 3.8) is 0 Å². The number of hydrogen-bond acceptors (Lipinski definition) is 5. The van der Waals surface area contributed by atoms with Crippen LogP contribution in [0.1, 0.15) is 41.9 Å². The molecule has 3 atom stereocenters. The molecule has 3 N–H and O–H groups in total. The Labute approximate surface area is 257 Å². The Bertz CT molecular complexity index is 1680. The zero-order chi connectivity index (χ0) is 32.0. The first-order chi connectivity index (χ1) is 21.6. The summed E-state index contributed by atoms with van der Waals surface area (Å²) in [6, 6.07) is 29.4. The van der Waals surface area contributed by atoms with Crippen LogP contribution in [0, 0.1) is 5.92 Å². The minimum atomic E-state index is -4.46. The number of para-hydroxylation sites is 1. The first kappa shape index (κ1) is 31.1. The molecule has 0 spiro atoms. The molecule has 11 heteroatoms. The van der Waals surface area contributed by atoms with E-state index in [1.54, 1.807) is 72.8 Å². The molecule has 3 unspecified atom stereocenters. The van der Waals surface area contributed by atoms with Crippen molar-refractivity contribution in [1.29, 1.82) is 0 Å². The van der Waals surface area contributed by atoms with Crippen LogP contribution < -0.4 is 16.0 Å². The van der Waals surface area contributed by atoms with Gasteiger partial charge in [0.2, 0.25) is 18.0 Å². The van der Waals surface area contributed by atoms with Crippen molar-refractivity contribution in [2.45, 2.75) is 37.5 Å².